The van der Waals surface area contributed by atoms with Crippen molar-refractivity contribution in [1.29, 1.82) is 0 Å². The zero-order valence-corrected chi connectivity index (χ0v) is 16.6. The van der Waals surface area contributed by atoms with Gasteiger partial charge in [0.2, 0.25) is 11.8 Å². The number of benzene rings is 2. The van der Waals surface area contributed by atoms with Crippen molar-refractivity contribution in [3.63, 3.8) is 0 Å². The molecule has 0 fully saturated rings. The normalized spacial score (nSPS) is 10.7. The van der Waals surface area contributed by atoms with Gasteiger partial charge < -0.3 is 15.1 Å². The van der Waals surface area contributed by atoms with E-state index < -0.39 is 0 Å². The van der Waals surface area contributed by atoms with Crippen molar-refractivity contribution in [1.82, 2.24) is 4.90 Å². The van der Waals surface area contributed by atoms with E-state index in [1.54, 1.807) is 36.6 Å². The van der Waals surface area contributed by atoms with Gasteiger partial charge in [-0.15, -0.1) is 0 Å². The molecule has 29 heavy (non-hydrogen) atoms. The van der Waals surface area contributed by atoms with Gasteiger partial charge in [-0.05, 0) is 36.4 Å². The van der Waals surface area contributed by atoms with Crippen molar-refractivity contribution < 1.29 is 14.0 Å². The van der Waals surface area contributed by atoms with E-state index in [9.17, 15) is 9.59 Å². The Morgan fingerprint density at radius 2 is 1.66 bits per heavy atom. The summed E-state index contributed by atoms with van der Waals surface area (Å²) in [6.45, 7) is 0.947. The van der Waals surface area contributed by atoms with Crippen LogP contribution in [0.5, 0.6) is 0 Å². The summed E-state index contributed by atoms with van der Waals surface area (Å²) in [5, 5.41) is 6.14. The Morgan fingerprint density at radius 3 is 2.38 bits per heavy atom. The summed E-state index contributed by atoms with van der Waals surface area (Å²) >= 11 is 6.08. The molecular formula is C22H22ClN3O3. The molecule has 2 amide bonds. The van der Waals surface area contributed by atoms with Crippen molar-refractivity contribution in [2.24, 2.45) is 0 Å². The van der Waals surface area contributed by atoms with Gasteiger partial charge in [-0.25, -0.2) is 0 Å². The third-order valence-corrected chi connectivity index (χ3v) is 4.52. The molecule has 0 saturated carbocycles. The van der Waals surface area contributed by atoms with Crippen LogP contribution in [0.15, 0.2) is 77.4 Å². The Morgan fingerprint density at radius 1 is 0.897 bits per heavy atom. The Hall–Kier alpha value is -3.09. The smallest absolute Gasteiger partial charge is 0.238 e. The van der Waals surface area contributed by atoms with Crippen LogP contribution >= 0.6 is 11.6 Å². The summed E-state index contributed by atoms with van der Waals surface area (Å²) in [6.07, 6.45) is 1.80. The summed E-state index contributed by atoms with van der Waals surface area (Å²) < 4.78 is 5.39. The highest BCUT2D eigenvalue weighted by Gasteiger charge is 2.15. The number of rotatable bonds is 9. The first-order valence-corrected chi connectivity index (χ1v) is 9.62. The molecule has 0 radical (unpaired) electrons. The number of carbonyl (C=O) groups excluding carboxylic acids is 2. The monoisotopic (exact) mass is 411 g/mol. The summed E-state index contributed by atoms with van der Waals surface area (Å²) in [6, 6.07) is 19.9. The highest BCUT2D eigenvalue weighted by Crippen LogP contribution is 2.20. The van der Waals surface area contributed by atoms with Gasteiger partial charge in [0.25, 0.3) is 0 Å². The van der Waals surface area contributed by atoms with Crippen LogP contribution in [0.2, 0.25) is 5.02 Å². The first-order chi connectivity index (χ1) is 14.1. The van der Waals surface area contributed by atoms with Gasteiger partial charge in [-0.2, -0.15) is 0 Å². The molecule has 150 valence electrons. The molecule has 1 heterocycles. The maximum atomic E-state index is 12.4. The summed E-state index contributed by atoms with van der Waals surface area (Å²) in [7, 11) is 0. The highest BCUT2D eigenvalue weighted by atomic mass is 35.5. The second-order valence-corrected chi connectivity index (χ2v) is 6.89. The molecule has 0 aliphatic heterocycles. The number of nitrogens with zero attached hydrogens (tertiary/aromatic N) is 1. The van der Waals surface area contributed by atoms with Gasteiger partial charge in [0.15, 0.2) is 0 Å². The van der Waals surface area contributed by atoms with Crippen molar-refractivity contribution in [3.05, 3.63) is 83.8 Å². The fourth-order valence-electron chi connectivity index (χ4n) is 2.80. The Balaban J connectivity index is 1.57. The van der Waals surface area contributed by atoms with Crippen LogP contribution in [0.4, 0.5) is 11.4 Å². The minimum atomic E-state index is -0.175. The SMILES string of the molecule is O=C(CN(CCC(=O)Nc1ccccc1Cl)Cc1ccco1)Nc1ccccc1. The van der Waals surface area contributed by atoms with E-state index >= 15 is 0 Å². The predicted octanol–water partition coefficient (Wildman–Crippen LogP) is 4.40. The second kappa shape index (κ2) is 10.5. The summed E-state index contributed by atoms with van der Waals surface area (Å²) in [5.74, 6) is 0.393. The largest absolute Gasteiger partial charge is 0.468 e. The van der Waals surface area contributed by atoms with Gasteiger partial charge in [0.1, 0.15) is 5.76 Å². The molecule has 0 aliphatic rings. The molecule has 0 atom stereocenters. The molecule has 0 spiro atoms. The Labute approximate surface area is 174 Å². The minimum absolute atomic E-state index is 0.134. The molecule has 6 nitrogen and oxygen atoms in total. The Kier molecular flexibility index (Phi) is 7.44. The number of halogens is 1. The summed E-state index contributed by atoms with van der Waals surface area (Å²) in [4.78, 5) is 26.6. The maximum absolute atomic E-state index is 12.4. The average molecular weight is 412 g/mol. The van der Waals surface area contributed by atoms with E-state index in [4.69, 9.17) is 16.0 Å². The lowest BCUT2D eigenvalue weighted by atomic mass is 10.2. The zero-order valence-electron chi connectivity index (χ0n) is 15.8. The third-order valence-electron chi connectivity index (χ3n) is 4.19. The van der Waals surface area contributed by atoms with Crippen LogP contribution in [-0.4, -0.2) is 29.8 Å². The topological polar surface area (TPSA) is 74.6 Å². The predicted molar refractivity (Wildman–Crippen MR) is 114 cm³/mol. The first kappa shape index (κ1) is 20.6. The number of nitrogens with one attached hydrogen (secondary N) is 2. The van der Waals surface area contributed by atoms with Crippen LogP contribution < -0.4 is 10.6 Å². The molecule has 7 heteroatoms. The number of carbonyl (C=O) groups is 2. The standard InChI is InChI=1S/C22H22ClN3O3/c23-19-10-4-5-11-20(19)25-21(27)12-13-26(15-18-9-6-14-29-18)16-22(28)24-17-7-2-1-3-8-17/h1-11,14H,12-13,15-16H2,(H,24,28)(H,25,27). The molecule has 0 unspecified atom stereocenters. The number of amides is 2. The van der Waals surface area contributed by atoms with Crippen molar-refractivity contribution in [2.75, 3.05) is 23.7 Å². The molecule has 1 aromatic heterocycles. The zero-order chi connectivity index (χ0) is 20.5. The lowest BCUT2D eigenvalue weighted by molar-refractivity contribution is -0.119. The quantitative estimate of drug-likeness (QED) is 0.547. The van der Waals surface area contributed by atoms with Gasteiger partial charge in [-0.1, -0.05) is 41.9 Å². The van der Waals surface area contributed by atoms with Crippen LogP contribution in [0.3, 0.4) is 0 Å². The highest BCUT2D eigenvalue weighted by molar-refractivity contribution is 6.33. The number of hydrogen-bond acceptors (Lipinski definition) is 4. The number of hydrogen-bond donors (Lipinski definition) is 2. The molecule has 2 aromatic carbocycles. The first-order valence-electron chi connectivity index (χ1n) is 9.24. The van der Waals surface area contributed by atoms with Crippen LogP contribution in [0.25, 0.3) is 0 Å². The fourth-order valence-corrected chi connectivity index (χ4v) is 2.98. The van der Waals surface area contributed by atoms with E-state index in [2.05, 4.69) is 10.6 Å². The molecule has 0 aliphatic carbocycles. The van der Waals surface area contributed by atoms with Gasteiger partial charge in [-0.3, -0.25) is 14.5 Å². The molecule has 3 rings (SSSR count). The number of furan rings is 1. The lowest BCUT2D eigenvalue weighted by Gasteiger charge is -2.20. The van der Waals surface area contributed by atoms with Crippen molar-refractivity contribution in [2.45, 2.75) is 13.0 Å². The van der Waals surface area contributed by atoms with Crippen LogP contribution in [0.1, 0.15) is 12.2 Å². The fraction of sp³-hybridized carbons (Fsp3) is 0.182. The van der Waals surface area contributed by atoms with Gasteiger partial charge >= 0.3 is 0 Å². The maximum Gasteiger partial charge on any atom is 0.238 e. The Bertz CT molecular complexity index is 929. The second-order valence-electron chi connectivity index (χ2n) is 6.48. The number of para-hydroxylation sites is 2. The van der Waals surface area contributed by atoms with Crippen LogP contribution in [-0.2, 0) is 16.1 Å². The van der Waals surface area contributed by atoms with E-state index in [1.165, 1.54) is 0 Å². The van der Waals surface area contributed by atoms with Crippen molar-refractivity contribution >= 4 is 34.8 Å². The summed E-state index contributed by atoms with van der Waals surface area (Å²) in [5.41, 5.74) is 1.30. The van der Waals surface area contributed by atoms with Gasteiger partial charge in [0.05, 0.1) is 30.1 Å². The number of anilines is 2. The van der Waals surface area contributed by atoms with E-state index in [0.29, 0.717) is 23.8 Å². The molecule has 3 aromatic rings. The van der Waals surface area contributed by atoms with Crippen molar-refractivity contribution in [3.8, 4) is 0 Å². The molecular weight excluding hydrogens is 390 g/mol. The minimum Gasteiger partial charge on any atom is -0.468 e. The molecule has 0 bridgehead atoms. The van der Waals surface area contributed by atoms with Gasteiger partial charge in [0, 0.05) is 18.7 Å². The molecule has 2 N–H and O–H groups in total. The lowest BCUT2D eigenvalue weighted by Crippen LogP contribution is -2.35. The van der Waals surface area contributed by atoms with E-state index in [0.717, 1.165) is 11.4 Å². The molecule has 0 saturated heterocycles. The van der Waals surface area contributed by atoms with E-state index in [1.807, 2.05) is 41.3 Å². The average Bonchev–Trinajstić information content (AvgIpc) is 3.22. The third kappa shape index (κ3) is 6.78. The van der Waals surface area contributed by atoms with Crippen LogP contribution in [0, 0.1) is 0 Å². The van der Waals surface area contributed by atoms with E-state index in [-0.39, 0.29) is 24.8 Å².